The average Bonchev–Trinajstić information content (AvgIpc) is 3.30. The number of aryl methyl sites for hydroxylation is 2. The lowest BCUT2D eigenvalue weighted by Gasteiger charge is -2.15. The molecule has 0 amide bonds. The molecule has 4 aromatic rings. The molecule has 2 aromatic heterocycles. The third-order valence-corrected chi connectivity index (χ3v) is 5.70. The molecule has 8 heteroatoms. The van der Waals surface area contributed by atoms with E-state index in [1.807, 2.05) is 42.2 Å². The van der Waals surface area contributed by atoms with E-state index in [4.69, 9.17) is 16.3 Å². The number of nitrogens with zero attached hydrogens (tertiary/aromatic N) is 2. The van der Waals surface area contributed by atoms with Crippen LogP contribution >= 0.6 is 11.6 Å². The Kier molecular flexibility index (Phi) is 4.48. The molecule has 1 aliphatic heterocycles. The van der Waals surface area contributed by atoms with Crippen molar-refractivity contribution in [3.8, 4) is 16.9 Å². The van der Waals surface area contributed by atoms with Gasteiger partial charge in [-0.3, -0.25) is 0 Å². The van der Waals surface area contributed by atoms with Gasteiger partial charge in [0.25, 0.3) is 0 Å². The summed E-state index contributed by atoms with van der Waals surface area (Å²) in [5.74, 6) is -0.537. The van der Waals surface area contributed by atoms with Crippen molar-refractivity contribution in [2.24, 2.45) is 7.05 Å². The number of carboxylic acid groups (broad SMARTS) is 1. The van der Waals surface area contributed by atoms with Gasteiger partial charge in [0, 0.05) is 36.0 Å². The fraction of sp³-hybridized carbons (Fsp3) is 0.130. The van der Waals surface area contributed by atoms with Crippen LogP contribution in [-0.2, 0) is 7.05 Å². The molecule has 3 heterocycles. The molecule has 3 N–H and O–H groups in total. The molecule has 0 radical (unpaired) electrons. The van der Waals surface area contributed by atoms with Gasteiger partial charge in [0.2, 0.25) is 6.35 Å². The molecule has 0 saturated carbocycles. The van der Waals surface area contributed by atoms with Gasteiger partial charge in [-0.05, 0) is 48.9 Å². The van der Waals surface area contributed by atoms with Gasteiger partial charge in [-0.2, -0.15) is 0 Å². The maximum absolute atomic E-state index is 11.4. The lowest BCUT2D eigenvalue weighted by molar-refractivity contribution is 0.0695. The van der Waals surface area contributed by atoms with Gasteiger partial charge in [-0.25, -0.2) is 9.78 Å². The van der Waals surface area contributed by atoms with Crippen LogP contribution in [0.25, 0.3) is 22.2 Å². The number of hydrogen-bond donors (Lipinski definition) is 3. The summed E-state index contributed by atoms with van der Waals surface area (Å²) in [6.45, 7) is 1.75. The number of halogens is 1. The molecule has 5 rings (SSSR count). The zero-order valence-electron chi connectivity index (χ0n) is 16.8. The number of anilines is 2. The largest absolute Gasteiger partial charge is 0.478 e. The Hall–Kier alpha value is -3.71. The topological polar surface area (TPSA) is 88.4 Å². The zero-order valence-corrected chi connectivity index (χ0v) is 17.6. The highest BCUT2D eigenvalue weighted by atomic mass is 35.5. The van der Waals surface area contributed by atoms with Crippen LogP contribution in [0, 0.1) is 6.92 Å². The van der Waals surface area contributed by atoms with Gasteiger partial charge >= 0.3 is 5.97 Å². The van der Waals surface area contributed by atoms with Crippen LogP contribution in [0.2, 0.25) is 5.02 Å². The summed E-state index contributed by atoms with van der Waals surface area (Å²) in [6, 6.07) is 12.9. The Labute approximate surface area is 183 Å². The van der Waals surface area contributed by atoms with Gasteiger partial charge in [0.05, 0.1) is 22.0 Å². The summed E-state index contributed by atoms with van der Waals surface area (Å²) in [4.78, 5) is 15.9. The molecule has 0 spiro atoms. The Bertz CT molecular complexity index is 1350. The molecule has 1 atom stereocenters. The first-order chi connectivity index (χ1) is 14.9. The number of aromatic nitrogens is 2. The Morgan fingerprint density at radius 2 is 1.94 bits per heavy atom. The molecule has 1 aliphatic rings. The molecule has 31 heavy (non-hydrogen) atoms. The number of fused-ring (bicyclic) bond motifs is 2. The summed E-state index contributed by atoms with van der Waals surface area (Å²) in [7, 11) is 1.96. The quantitative estimate of drug-likeness (QED) is 0.414. The summed E-state index contributed by atoms with van der Waals surface area (Å²) in [5.41, 5.74) is 5.21. The van der Waals surface area contributed by atoms with Crippen LogP contribution in [-0.4, -0.2) is 27.0 Å². The molecular formula is C23H19ClN4O3. The van der Waals surface area contributed by atoms with E-state index in [2.05, 4.69) is 21.7 Å². The minimum Gasteiger partial charge on any atom is -0.478 e. The number of pyridine rings is 1. The van der Waals surface area contributed by atoms with Crippen molar-refractivity contribution in [1.82, 2.24) is 9.55 Å². The van der Waals surface area contributed by atoms with Crippen LogP contribution in [0.4, 0.5) is 11.4 Å². The van der Waals surface area contributed by atoms with E-state index in [0.717, 1.165) is 33.5 Å². The van der Waals surface area contributed by atoms with Gasteiger partial charge in [0.1, 0.15) is 11.4 Å². The highest BCUT2D eigenvalue weighted by Crippen LogP contribution is 2.39. The van der Waals surface area contributed by atoms with E-state index in [1.165, 1.54) is 6.07 Å². The monoisotopic (exact) mass is 434 g/mol. The van der Waals surface area contributed by atoms with E-state index in [0.29, 0.717) is 16.3 Å². The van der Waals surface area contributed by atoms with Crippen molar-refractivity contribution in [2.45, 2.75) is 13.3 Å². The minimum atomic E-state index is -0.987. The van der Waals surface area contributed by atoms with Gasteiger partial charge < -0.3 is 25.0 Å². The minimum absolute atomic E-state index is 0.210. The Balaban J connectivity index is 1.41. The second kappa shape index (κ2) is 7.21. The number of rotatable bonds is 4. The lowest BCUT2D eigenvalue weighted by Crippen LogP contribution is -2.29. The molecule has 1 unspecified atom stereocenters. The normalized spacial score (nSPS) is 14.7. The third-order valence-electron chi connectivity index (χ3n) is 5.39. The van der Waals surface area contributed by atoms with Crippen LogP contribution in [0.15, 0.2) is 54.9 Å². The average molecular weight is 435 g/mol. The molecule has 7 nitrogen and oxygen atoms in total. The second-order valence-corrected chi connectivity index (χ2v) is 7.92. The van der Waals surface area contributed by atoms with E-state index in [-0.39, 0.29) is 5.56 Å². The highest BCUT2D eigenvalue weighted by Gasteiger charge is 2.23. The van der Waals surface area contributed by atoms with E-state index < -0.39 is 12.3 Å². The number of carbonyl (C=O) groups is 1. The number of carboxylic acids is 1. The molecule has 0 saturated heterocycles. The predicted octanol–water partition coefficient (Wildman–Crippen LogP) is 5.10. The zero-order chi connectivity index (χ0) is 21.7. The maximum atomic E-state index is 11.4. The SMILES string of the molecule is Cc1ccc(OC2Nc3cc(Cl)c(-c4cnc5c(ccn5C)c4)cc3N2)cc1C(=O)O. The van der Waals surface area contributed by atoms with Crippen molar-refractivity contribution in [1.29, 1.82) is 0 Å². The number of benzene rings is 2. The van der Waals surface area contributed by atoms with Gasteiger partial charge in [-0.1, -0.05) is 17.7 Å². The van der Waals surface area contributed by atoms with E-state index in [9.17, 15) is 9.90 Å². The van der Waals surface area contributed by atoms with Crippen molar-refractivity contribution in [3.63, 3.8) is 0 Å². The highest BCUT2D eigenvalue weighted by molar-refractivity contribution is 6.34. The van der Waals surface area contributed by atoms with Crippen LogP contribution in [0.5, 0.6) is 5.75 Å². The van der Waals surface area contributed by atoms with Crippen molar-refractivity contribution >= 4 is 40.0 Å². The first kappa shape index (κ1) is 19.3. The predicted molar refractivity (Wildman–Crippen MR) is 121 cm³/mol. The van der Waals surface area contributed by atoms with Crippen molar-refractivity contribution in [2.75, 3.05) is 10.6 Å². The first-order valence-corrected chi connectivity index (χ1v) is 10.1. The van der Waals surface area contributed by atoms with Crippen LogP contribution in [0.1, 0.15) is 15.9 Å². The van der Waals surface area contributed by atoms with Crippen molar-refractivity contribution < 1.29 is 14.6 Å². The summed E-state index contributed by atoms with van der Waals surface area (Å²) in [6.07, 6.45) is 3.23. The summed E-state index contributed by atoms with van der Waals surface area (Å²) < 4.78 is 7.88. The van der Waals surface area contributed by atoms with E-state index in [1.54, 1.807) is 19.1 Å². The smallest absolute Gasteiger partial charge is 0.336 e. The number of nitrogens with one attached hydrogen (secondary N) is 2. The molecule has 0 aliphatic carbocycles. The molecule has 2 aromatic carbocycles. The van der Waals surface area contributed by atoms with Gasteiger partial charge in [0.15, 0.2) is 0 Å². The van der Waals surface area contributed by atoms with E-state index >= 15 is 0 Å². The van der Waals surface area contributed by atoms with Crippen molar-refractivity contribution in [3.05, 3.63) is 71.0 Å². The standard InChI is InChI=1S/C23H19ClN4O3/c1-12-3-4-15(8-16(12)22(29)30)31-23-26-19-9-17(18(24)10-20(19)27-23)14-7-13-5-6-28(2)21(13)25-11-14/h3-11,23,26-27H,1-2H3,(H,29,30). The first-order valence-electron chi connectivity index (χ1n) is 9.68. The Morgan fingerprint density at radius 1 is 1.16 bits per heavy atom. The second-order valence-electron chi connectivity index (χ2n) is 7.51. The fourth-order valence-corrected chi connectivity index (χ4v) is 4.03. The number of aromatic carboxylic acids is 1. The van der Waals surface area contributed by atoms with Gasteiger partial charge in [-0.15, -0.1) is 0 Å². The number of hydrogen-bond acceptors (Lipinski definition) is 5. The molecule has 156 valence electrons. The Morgan fingerprint density at radius 3 is 2.71 bits per heavy atom. The van der Waals surface area contributed by atoms with Crippen LogP contribution in [0.3, 0.4) is 0 Å². The molecular weight excluding hydrogens is 416 g/mol. The molecule has 0 bridgehead atoms. The summed E-state index contributed by atoms with van der Waals surface area (Å²) in [5, 5.41) is 17.4. The maximum Gasteiger partial charge on any atom is 0.336 e. The third kappa shape index (κ3) is 3.43. The molecule has 0 fully saturated rings. The number of ether oxygens (including phenoxy) is 1. The fourth-order valence-electron chi connectivity index (χ4n) is 3.75. The summed E-state index contributed by atoms with van der Waals surface area (Å²) >= 11 is 6.57. The lowest BCUT2D eigenvalue weighted by atomic mass is 10.1. The van der Waals surface area contributed by atoms with Crippen LogP contribution < -0.4 is 15.4 Å².